The van der Waals surface area contributed by atoms with Gasteiger partial charge in [-0.2, -0.15) is 0 Å². The molecule has 0 unspecified atom stereocenters. The Balaban J connectivity index is 2.64. The van der Waals surface area contributed by atoms with Crippen molar-refractivity contribution in [2.75, 3.05) is 0 Å². The van der Waals surface area contributed by atoms with Gasteiger partial charge in [-0.3, -0.25) is 5.32 Å². The fourth-order valence-corrected chi connectivity index (χ4v) is 1.66. The topological polar surface area (TPSA) is 14.1 Å². The number of halogens is 1. The average Bonchev–Trinajstić information content (AvgIpc) is 2.35. The van der Waals surface area contributed by atoms with Gasteiger partial charge in [-0.1, -0.05) is 12.1 Å². The zero-order valence-electron chi connectivity index (χ0n) is 6.13. The van der Waals surface area contributed by atoms with E-state index in [1.807, 2.05) is 18.3 Å². The van der Waals surface area contributed by atoms with Gasteiger partial charge in [0.1, 0.15) is 0 Å². The van der Waals surface area contributed by atoms with E-state index in [2.05, 4.69) is 34.2 Å². The van der Waals surface area contributed by atoms with E-state index in [0.717, 1.165) is 10.2 Å². The van der Waals surface area contributed by atoms with Crippen molar-refractivity contribution in [3.8, 4) is 0 Å². The van der Waals surface area contributed by atoms with Crippen LogP contribution in [0, 0.1) is 0 Å². The number of nitrogens with zero attached hydrogens (tertiary/aromatic N) is 1. The minimum atomic E-state index is 1.06. The van der Waals surface area contributed by atoms with Gasteiger partial charge in [-0.15, -0.1) is 0 Å². The Morgan fingerprint density at radius 1 is 1.36 bits per heavy atom. The molecule has 0 saturated heterocycles. The molecular weight excluding hydrogens is 202 g/mol. The quantitative estimate of drug-likeness (QED) is 0.623. The standard InChI is InChI=1S/C9H7BrN/c1-6-5-11-9-7(6)3-2-4-8(9)10/h2-5H,1H3. The molecule has 0 saturated carbocycles. The molecule has 1 radical (unpaired) electrons. The van der Waals surface area contributed by atoms with Gasteiger partial charge in [0.15, 0.2) is 0 Å². The molecule has 0 aromatic heterocycles. The summed E-state index contributed by atoms with van der Waals surface area (Å²) >= 11 is 3.45. The summed E-state index contributed by atoms with van der Waals surface area (Å²) < 4.78 is 1.07. The lowest BCUT2D eigenvalue weighted by Crippen LogP contribution is -1.82. The van der Waals surface area contributed by atoms with Crippen LogP contribution in [0.3, 0.4) is 0 Å². The Kier molecular flexibility index (Phi) is 1.50. The molecule has 0 N–H and O–H groups in total. The molecule has 0 amide bonds. The summed E-state index contributed by atoms with van der Waals surface area (Å²) in [6.45, 7) is 2.07. The van der Waals surface area contributed by atoms with Gasteiger partial charge in [-0.05, 0) is 34.5 Å². The smallest absolute Gasteiger partial charge is 0.0847 e. The maximum absolute atomic E-state index is 4.27. The molecule has 1 nitrogen and oxygen atoms in total. The molecule has 55 valence electrons. The molecule has 2 rings (SSSR count). The number of para-hydroxylation sites is 1. The highest BCUT2D eigenvalue weighted by Gasteiger charge is 2.13. The minimum absolute atomic E-state index is 1.06. The third kappa shape index (κ3) is 0.979. The average molecular weight is 209 g/mol. The van der Waals surface area contributed by atoms with E-state index in [4.69, 9.17) is 0 Å². The van der Waals surface area contributed by atoms with Gasteiger partial charge in [-0.25, -0.2) is 0 Å². The summed E-state index contributed by atoms with van der Waals surface area (Å²) in [5.41, 5.74) is 3.53. The lowest BCUT2D eigenvalue weighted by atomic mass is 10.1. The molecule has 0 atom stereocenters. The van der Waals surface area contributed by atoms with Crippen LogP contribution in [0.25, 0.3) is 5.57 Å². The molecule has 0 spiro atoms. The van der Waals surface area contributed by atoms with E-state index in [1.165, 1.54) is 11.1 Å². The Morgan fingerprint density at radius 3 is 2.91 bits per heavy atom. The number of hydrogen-bond acceptors (Lipinski definition) is 0. The third-order valence-electron chi connectivity index (χ3n) is 1.80. The Morgan fingerprint density at radius 2 is 2.18 bits per heavy atom. The molecule has 0 bridgehead atoms. The van der Waals surface area contributed by atoms with E-state index in [1.54, 1.807) is 0 Å². The molecular formula is C9H7BrN. The highest BCUT2D eigenvalue weighted by molar-refractivity contribution is 9.10. The van der Waals surface area contributed by atoms with Crippen LogP contribution in [0.1, 0.15) is 12.5 Å². The van der Waals surface area contributed by atoms with E-state index in [-0.39, 0.29) is 0 Å². The van der Waals surface area contributed by atoms with Crippen LogP contribution in [-0.4, -0.2) is 0 Å². The predicted octanol–water partition coefficient (Wildman–Crippen LogP) is 3.06. The van der Waals surface area contributed by atoms with Crippen LogP contribution in [0.5, 0.6) is 0 Å². The van der Waals surface area contributed by atoms with Crippen molar-refractivity contribution in [1.29, 1.82) is 0 Å². The molecule has 1 aliphatic rings. The van der Waals surface area contributed by atoms with Crippen LogP contribution >= 0.6 is 15.9 Å². The first-order valence-electron chi connectivity index (χ1n) is 3.45. The summed E-state index contributed by atoms with van der Waals surface area (Å²) in [5.74, 6) is 0. The molecule has 1 heterocycles. The maximum Gasteiger partial charge on any atom is 0.0847 e. The van der Waals surface area contributed by atoms with Crippen molar-refractivity contribution >= 4 is 27.2 Å². The molecule has 1 aliphatic heterocycles. The van der Waals surface area contributed by atoms with E-state index in [0.29, 0.717) is 0 Å². The summed E-state index contributed by atoms with van der Waals surface area (Å²) in [6.07, 6.45) is 1.90. The van der Waals surface area contributed by atoms with Gasteiger partial charge in [0, 0.05) is 16.2 Å². The normalized spacial score (nSPS) is 13.8. The molecule has 2 heteroatoms. The van der Waals surface area contributed by atoms with Crippen molar-refractivity contribution in [2.45, 2.75) is 6.92 Å². The monoisotopic (exact) mass is 208 g/mol. The fraction of sp³-hybridized carbons (Fsp3) is 0.111. The lowest BCUT2D eigenvalue weighted by molar-refractivity contribution is 1.20. The second-order valence-electron chi connectivity index (χ2n) is 2.58. The lowest BCUT2D eigenvalue weighted by Gasteiger charge is -2.00. The molecule has 1 aromatic carbocycles. The van der Waals surface area contributed by atoms with Gasteiger partial charge in [0.25, 0.3) is 0 Å². The second-order valence-corrected chi connectivity index (χ2v) is 3.43. The van der Waals surface area contributed by atoms with E-state index in [9.17, 15) is 0 Å². The van der Waals surface area contributed by atoms with Crippen LogP contribution < -0.4 is 5.32 Å². The zero-order chi connectivity index (χ0) is 7.84. The largest absolute Gasteiger partial charge is 0.255 e. The first-order valence-corrected chi connectivity index (χ1v) is 4.25. The van der Waals surface area contributed by atoms with Crippen molar-refractivity contribution < 1.29 is 0 Å². The van der Waals surface area contributed by atoms with Crippen LogP contribution in [-0.2, 0) is 0 Å². The van der Waals surface area contributed by atoms with Crippen molar-refractivity contribution in [2.24, 2.45) is 0 Å². The van der Waals surface area contributed by atoms with Gasteiger partial charge in [0.2, 0.25) is 0 Å². The first kappa shape index (κ1) is 6.92. The van der Waals surface area contributed by atoms with Gasteiger partial charge < -0.3 is 0 Å². The third-order valence-corrected chi connectivity index (χ3v) is 2.44. The van der Waals surface area contributed by atoms with E-state index < -0.39 is 0 Å². The molecule has 0 aliphatic carbocycles. The van der Waals surface area contributed by atoms with Crippen LogP contribution in [0.2, 0.25) is 0 Å². The Hall–Kier alpha value is -0.760. The Bertz CT molecular complexity index is 328. The highest BCUT2D eigenvalue weighted by atomic mass is 79.9. The molecule has 11 heavy (non-hydrogen) atoms. The van der Waals surface area contributed by atoms with E-state index >= 15 is 0 Å². The highest BCUT2D eigenvalue weighted by Crippen LogP contribution is 2.35. The summed E-state index contributed by atoms with van der Waals surface area (Å²) in [4.78, 5) is 0. The van der Waals surface area contributed by atoms with Crippen LogP contribution in [0.4, 0.5) is 5.69 Å². The van der Waals surface area contributed by atoms with Crippen LogP contribution in [0.15, 0.2) is 28.9 Å². The number of fused-ring (bicyclic) bond motifs is 1. The van der Waals surface area contributed by atoms with Crippen molar-refractivity contribution in [3.63, 3.8) is 0 Å². The zero-order valence-corrected chi connectivity index (χ0v) is 7.72. The predicted molar refractivity (Wildman–Crippen MR) is 49.6 cm³/mol. The summed E-state index contributed by atoms with van der Waals surface area (Å²) in [6, 6.07) is 6.12. The van der Waals surface area contributed by atoms with Gasteiger partial charge >= 0.3 is 0 Å². The number of hydrogen-bond donors (Lipinski definition) is 0. The number of benzene rings is 1. The SMILES string of the molecule is CC1=C[N]c2c(Br)cccc21. The molecule has 0 fully saturated rings. The van der Waals surface area contributed by atoms with Crippen molar-refractivity contribution in [1.82, 2.24) is 5.32 Å². The number of allylic oxidation sites excluding steroid dienone is 1. The molecule has 1 aromatic rings. The Labute approximate surface area is 74.2 Å². The maximum atomic E-state index is 4.27. The van der Waals surface area contributed by atoms with Gasteiger partial charge in [0.05, 0.1) is 5.69 Å². The minimum Gasteiger partial charge on any atom is -0.255 e. The summed E-state index contributed by atoms with van der Waals surface area (Å²) in [7, 11) is 0. The van der Waals surface area contributed by atoms with Crippen molar-refractivity contribution in [3.05, 3.63) is 34.4 Å². The second kappa shape index (κ2) is 2.38. The first-order chi connectivity index (χ1) is 5.29. The fourth-order valence-electron chi connectivity index (χ4n) is 1.20. The summed E-state index contributed by atoms with van der Waals surface area (Å²) in [5, 5.41) is 4.27. The number of rotatable bonds is 0.